The standard InChI is InChI=1S/C11H14F2N2O2S/c12-8-6-9(13)11(7-10(8)14)18(16,17)15-4-2-1-3-5-15/h6-7H,1-5,14H2. The Labute approximate surface area is 104 Å². The molecule has 1 aliphatic rings. The van der Waals surface area contributed by atoms with Gasteiger partial charge in [-0.25, -0.2) is 17.2 Å². The number of rotatable bonds is 2. The van der Waals surface area contributed by atoms with E-state index in [1.165, 1.54) is 4.31 Å². The number of benzene rings is 1. The Morgan fingerprint density at radius 1 is 1.06 bits per heavy atom. The highest BCUT2D eigenvalue weighted by Gasteiger charge is 2.29. The summed E-state index contributed by atoms with van der Waals surface area (Å²) in [7, 11) is -3.92. The maximum absolute atomic E-state index is 13.6. The van der Waals surface area contributed by atoms with Gasteiger partial charge in [0.05, 0.1) is 5.69 Å². The van der Waals surface area contributed by atoms with Gasteiger partial charge in [-0.3, -0.25) is 0 Å². The van der Waals surface area contributed by atoms with Crippen molar-refractivity contribution in [3.8, 4) is 0 Å². The number of sulfonamides is 1. The van der Waals surface area contributed by atoms with E-state index in [2.05, 4.69) is 0 Å². The SMILES string of the molecule is Nc1cc(S(=O)(=O)N2CCCCC2)c(F)cc1F. The summed E-state index contributed by atoms with van der Waals surface area (Å²) < 4.78 is 52.2. The zero-order valence-corrected chi connectivity index (χ0v) is 10.5. The van der Waals surface area contributed by atoms with E-state index in [0.717, 1.165) is 25.3 Å². The highest BCUT2D eigenvalue weighted by Crippen LogP contribution is 2.26. The van der Waals surface area contributed by atoms with E-state index < -0.39 is 26.6 Å². The lowest BCUT2D eigenvalue weighted by Crippen LogP contribution is -2.36. The number of nitrogen functional groups attached to an aromatic ring is 1. The third-order valence-corrected chi connectivity index (χ3v) is 4.90. The van der Waals surface area contributed by atoms with Gasteiger partial charge in [0.2, 0.25) is 10.0 Å². The van der Waals surface area contributed by atoms with Crippen LogP contribution in [0.1, 0.15) is 19.3 Å². The quantitative estimate of drug-likeness (QED) is 0.837. The number of nitrogens with zero attached hydrogens (tertiary/aromatic N) is 1. The Hall–Kier alpha value is -1.21. The van der Waals surface area contributed by atoms with Crippen LogP contribution in [0.4, 0.5) is 14.5 Å². The average Bonchev–Trinajstić information content (AvgIpc) is 2.34. The molecule has 2 N–H and O–H groups in total. The summed E-state index contributed by atoms with van der Waals surface area (Å²) in [6.07, 6.45) is 2.45. The van der Waals surface area contributed by atoms with Crippen LogP contribution in [-0.4, -0.2) is 25.8 Å². The van der Waals surface area contributed by atoms with Crippen molar-refractivity contribution in [3.05, 3.63) is 23.8 Å². The summed E-state index contributed by atoms with van der Waals surface area (Å²) in [6.45, 7) is 0.720. The van der Waals surface area contributed by atoms with Gasteiger partial charge in [0.15, 0.2) is 0 Å². The smallest absolute Gasteiger partial charge is 0.246 e. The molecule has 100 valence electrons. The van der Waals surface area contributed by atoms with Crippen molar-refractivity contribution in [3.63, 3.8) is 0 Å². The number of halogens is 2. The molecule has 1 aromatic carbocycles. The molecule has 0 aromatic heterocycles. The molecule has 1 saturated heterocycles. The highest BCUT2D eigenvalue weighted by molar-refractivity contribution is 7.89. The van der Waals surface area contributed by atoms with Gasteiger partial charge in [-0.2, -0.15) is 4.31 Å². The van der Waals surface area contributed by atoms with Crippen LogP contribution in [0, 0.1) is 11.6 Å². The molecule has 1 fully saturated rings. The topological polar surface area (TPSA) is 63.4 Å². The normalized spacial score (nSPS) is 17.9. The van der Waals surface area contributed by atoms with Gasteiger partial charge in [-0.15, -0.1) is 0 Å². The second-order valence-corrected chi connectivity index (χ2v) is 6.18. The van der Waals surface area contributed by atoms with E-state index in [9.17, 15) is 17.2 Å². The number of piperidine rings is 1. The third-order valence-electron chi connectivity index (χ3n) is 2.98. The summed E-state index contributed by atoms with van der Waals surface area (Å²) in [5.74, 6) is -2.06. The van der Waals surface area contributed by atoms with Crippen LogP contribution in [0.15, 0.2) is 17.0 Å². The van der Waals surface area contributed by atoms with E-state index in [0.29, 0.717) is 19.2 Å². The molecule has 0 unspecified atom stereocenters. The number of hydrogen-bond acceptors (Lipinski definition) is 3. The maximum Gasteiger partial charge on any atom is 0.246 e. The van der Waals surface area contributed by atoms with Crippen molar-refractivity contribution in [1.29, 1.82) is 0 Å². The second-order valence-electron chi connectivity index (χ2n) is 4.27. The Morgan fingerprint density at radius 2 is 1.67 bits per heavy atom. The molecule has 2 rings (SSSR count). The molecule has 0 radical (unpaired) electrons. The first-order chi connectivity index (χ1) is 8.43. The van der Waals surface area contributed by atoms with Crippen LogP contribution in [0.2, 0.25) is 0 Å². The molecule has 1 aliphatic heterocycles. The van der Waals surface area contributed by atoms with Gasteiger partial charge < -0.3 is 5.73 Å². The second kappa shape index (κ2) is 4.81. The monoisotopic (exact) mass is 276 g/mol. The number of anilines is 1. The minimum absolute atomic E-state index is 0.360. The fourth-order valence-electron chi connectivity index (χ4n) is 1.99. The van der Waals surface area contributed by atoms with Gasteiger partial charge in [0.25, 0.3) is 0 Å². The molecule has 0 atom stereocenters. The van der Waals surface area contributed by atoms with Crippen LogP contribution in [0.3, 0.4) is 0 Å². The van der Waals surface area contributed by atoms with E-state index in [1.807, 2.05) is 0 Å². The summed E-state index contributed by atoms with van der Waals surface area (Å²) in [4.78, 5) is -0.552. The van der Waals surface area contributed by atoms with Crippen LogP contribution in [0.5, 0.6) is 0 Å². The Bertz CT molecular complexity index is 554. The molecular formula is C11H14F2N2O2S. The van der Waals surface area contributed by atoms with E-state index in [1.54, 1.807) is 0 Å². The van der Waals surface area contributed by atoms with E-state index in [-0.39, 0.29) is 5.69 Å². The first-order valence-electron chi connectivity index (χ1n) is 5.67. The zero-order chi connectivity index (χ0) is 13.3. The molecule has 0 aliphatic carbocycles. The van der Waals surface area contributed by atoms with Crippen LogP contribution >= 0.6 is 0 Å². The molecule has 1 heterocycles. The van der Waals surface area contributed by atoms with Gasteiger partial charge in [0.1, 0.15) is 16.5 Å². The summed E-state index contributed by atoms with van der Waals surface area (Å²) in [5.41, 5.74) is 4.92. The molecule has 0 amide bonds. The first kappa shape index (κ1) is 13.2. The lowest BCUT2D eigenvalue weighted by Gasteiger charge is -2.26. The molecule has 18 heavy (non-hydrogen) atoms. The molecule has 4 nitrogen and oxygen atoms in total. The van der Waals surface area contributed by atoms with E-state index in [4.69, 9.17) is 5.73 Å². The van der Waals surface area contributed by atoms with Gasteiger partial charge in [0, 0.05) is 19.2 Å². The zero-order valence-electron chi connectivity index (χ0n) is 9.70. The third kappa shape index (κ3) is 2.32. The maximum atomic E-state index is 13.6. The Balaban J connectivity index is 2.43. The van der Waals surface area contributed by atoms with Gasteiger partial charge >= 0.3 is 0 Å². The van der Waals surface area contributed by atoms with Crippen molar-refractivity contribution in [2.45, 2.75) is 24.2 Å². The fraction of sp³-hybridized carbons (Fsp3) is 0.455. The van der Waals surface area contributed by atoms with Crippen molar-refractivity contribution in [1.82, 2.24) is 4.31 Å². The number of nitrogens with two attached hydrogens (primary N) is 1. The van der Waals surface area contributed by atoms with Crippen LogP contribution in [-0.2, 0) is 10.0 Å². The van der Waals surface area contributed by atoms with Crippen molar-refractivity contribution in [2.24, 2.45) is 0 Å². The van der Waals surface area contributed by atoms with Crippen LogP contribution in [0.25, 0.3) is 0 Å². The average molecular weight is 276 g/mol. The minimum atomic E-state index is -3.92. The van der Waals surface area contributed by atoms with Gasteiger partial charge in [-0.1, -0.05) is 6.42 Å². The summed E-state index contributed by atoms with van der Waals surface area (Å²) >= 11 is 0. The van der Waals surface area contributed by atoms with E-state index >= 15 is 0 Å². The molecule has 7 heteroatoms. The summed E-state index contributed by atoms with van der Waals surface area (Å²) in [6, 6.07) is 1.35. The lowest BCUT2D eigenvalue weighted by molar-refractivity contribution is 0.345. The molecule has 1 aromatic rings. The minimum Gasteiger partial charge on any atom is -0.396 e. The van der Waals surface area contributed by atoms with Crippen molar-refractivity contribution < 1.29 is 17.2 Å². The van der Waals surface area contributed by atoms with Crippen molar-refractivity contribution >= 4 is 15.7 Å². The molecule has 0 bridgehead atoms. The predicted molar refractivity (Wildman–Crippen MR) is 63.4 cm³/mol. The lowest BCUT2D eigenvalue weighted by atomic mass is 10.2. The molecule has 0 saturated carbocycles. The Morgan fingerprint density at radius 3 is 2.28 bits per heavy atom. The Kier molecular flexibility index (Phi) is 3.54. The molecular weight excluding hydrogens is 262 g/mol. The predicted octanol–water partition coefficient (Wildman–Crippen LogP) is 1.72. The van der Waals surface area contributed by atoms with Crippen LogP contribution < -0.4 is 5.73 Å². The fourth-order valence-corrected chi connectivity index (χ4v) is 3.59. The molecule has 0 spiro atoms. The number of hydrogen-bond donors (Lipinski definition) is 1. The summed E-state index contributed by atoms with van der Waals surface area (Å²) in [5, 5.41) is 0. The van der Waals surface area contributed by atoms with Gasteiger partial charge in [-0.05, 0) is 18.9 Å². The first-order valence-corrected chi connectivity index (χ1v) is 7.11. The highest BCUT2D eigenvalue weighted by atomic mass is 32.2. The largest absolute Gasteiger partial charge is 0.396 e. The van der Waals surface area contributed by atoms with Crippen molar-refractivity contribution in [2.75, 3.05) is 18.8 Å².